The maximum absolute atomic E-state index is 11.1. The van der Waals surface area contributed by atoms with Crippen LogP contribution in [-0.2, 0) is 4.74 Å². The molecule has 4 N–H and O–H groups in total. The van der Waals surface area contributed by atoms with Crippen molar-refractivity contribution >= 4 is 23.3 Å². The topological polar surface area (TPSA) is 74.2 Å². The predicted molar refractivity (Wildman–Crippen MR) is 47.0 cm³/mol. The summed E-state index contributed by atoms with van der Waals surface area (Å²) < 4.78 is 4.48. The molecule has 0 aliphatic rings. The first-order valence-corrected chi connectivity index (χ1v) is 3.87. The number of methoxy groups -OCH3 is 1. The molecule has 0 bridgehead atoms. The van der Waals surface area contributed by atoms with Gasteiger partial charge in [0.1, 0.15) is 17.0 Å². The SMILES string of the molecule is COC(=O)c1cc(O)c(Cl)cc1[NH3+]. The van der Waals surface area contributed by atoms with Gasteiger partial charge in [-0.05, 0) is 0 Å². The van der Waals surface area contributed by atoms with Crippen molar-refractivity contribution in [1.29, 1.82) is 0 Å². The van der Waals surface area contributed by atoms with Gasteiger partial charge in [0.15, 0.2) is 0 Å². The van der Waals surface area contributed by atoms with Crippen LogP contribution in [0.25, 0.3) is 0 Å². The van der Waals surface area contributed by atoms with Gasteiger partial charge < -0.3 is 15.6 Å². The highest BCUT2D eigenvalue weighted by atomic mass is 35.5. The minimum absolute atomic E-state index is 0.158. The third-order valence-electron chi connectivity index (χ3n) is 1.58. The molecule has 0 aliphatic heterocycles. The maximum Gasteiger partial charge on any atom is 0.344 e. The Balaban J connectivity index is 3.23. The first kappa shape index (κ1) is 9.83. The summed E-state index contributed by atoms with van der Waals surface area (Å²) in [5.74, 6) is -0.702. The molecule has 0 saturated heterocycles. The Labute approximate surface area is 79.9 Å². The van der Waals surface area contributed by atoms with Gasteiger partial charge in [-0.3, -0.25) is 0 Å². The van der Waals surface area contributed by atoms with Crippen molar-refractivity contribution in [3.05, 3.63) is 22.7 Å². The van der Waals surface area contributed by atoms with Crippen LogP contribution in [0.15, 0.2) is 12.1 Å². The molecule has 1 aromatic rings. The van der Waals surface area contributed by atoms with Gasteiger partial charge in [0.25, 0.3) is 0 Å². The number of ether oxygens (including phenoxy) is 1. The Kier molecular flexibility index (Phi) is 2.75. The monoisotopic (exact) mass is 202 g/mol. The molecule has 13 heavy (non-hydrogen) atoms. The molecule has 0 amide bonds. The van der Waals surface area contributed by atoms with Crippen LogP contribution in [0.4, 0.5) is 5.69 Å². The molecule has 4 nitrogen and oxygen atoms in total. The van der Waals surface area contributed by atoms with Crippen molar-refractivity contribution in [3.63, 3.8) is 0 Å². The second-order valence-corrected chi connectivity index (χ2v) is 2.86. The molecule has 0 aromatic heterocycles. The van der Waals surface area contributed by atoms with Crippen molar-refractivity contribution in [3.8, 4) is 5.75 Å². The minimum atomic E-state index is -0.544. The summed E-state index contributed by atoms with van der Waals surface area (Å²) in [6.07, 6.45) is 0. The van der Waals surface area contributed by atoms with Gasteiger partial charge in [0.05, 0.1) is 12.1 Å². The number of hydrogen-bond acceptors (Lipinski definition) is 3. The molecule has 1 rings (SSSR count). The summed E-state index contributed by atoms with van der Waals surface area (Å²) in [5, 5.41) is 9.37. The van der Waals surface area contributed by atoms with Crippen molar-refractivity contribution in [2.24, 2.45) is 0 Å². The molecule has 0 atom stereocenters. The maximum atomic E-state index is 11.1. The lowest BCUT2D eigenvalue weighted by Gasteiger charge is -2.02. The van der Waals surface area contributed by atoms with E-state index >= 15 is 0 Å². The number of benzene rings is 1. The lowest BCUT2D eigenvalue weighted by Crippen LogP contribution is -2.42. The Morgan fingerprint density at radius 1 is 1.62 bits per heavy atom. The molecular weight excluding hydrogens is 194 g/mol. The van der Waals surface area contributed by atoms with E-state index in [4.69, 9.17) is 11.6 Å². The average molecular weight is 203 g/mol. The summed E-state index contributed by atoms with van der Waals surface area (Å²) >= 11 is 5.59. The van der Waals surface area contributed by atoms with Crippen LogP contribution in [-0.4, -0.2) is 18.2 Å². The second kappa shape index (κ2) is 3.64. The molecular formula is C8H9ClNO3+. The van der Waals surface area contributed by atoms with Crippen LogP contribution in [0.5, 0.6) is 5.75 Å². The molecule has 70 valence electrons. The van der Waals surface area contributed by atoms with E-state index in [0.29, 0.717) is 5.69 Å². The summed E-state index contributed by atoms with van der Waals surface area (Å²) in [6.45, 7) is 0. The fourth-order valence-electron chi connectivity index (χ4n) is 0.903. The first-order chi connectivity index (χ1) is 6.06. The molecule has 0 unspecified atom stereocenters. The number of hydrogen-bond donors (Lipinski definition) is 2. The molecule has 1 aromatic carbocycles. The number of halogens is 1. The van der Waals surface area contributed by atoms with E-state index in [0.717, 1.165) is 0 Å². The molecule has 0 fully saturated rings. The minimum Gasteiger partial charge on any atom is -0.506 e. The highest BCUT2D eigenvalue weighted by molar-refractivity contribution is 6.32. The van der Waals surface area contributed by atoms with Crippen molar-refractivity contribution < 1.29 is 20.4 Å². The Morgan fingerprint density at radius 2 is 2.23 bits per heavy atom. The van der Waals surface area contributed by atoms with Gasteiger partial charge >= 0.3 is 5.97 Å². The average Bonchev–Trinajstić information content (AvgIpc) is 2.10. The number of phenolic OH excluding ortho intramolecular Hbond substituents is 1. The number of quaternary nitrogens is 1. The molecule has 0 heterocycles. The molecule has 0 saturated carbocycles. The largest absolute Gasteiger partial charge is 0.506 e. The van der Waals surface area contributed by atoms with E-state index in [1.807, 2.05) is 0 Å². The fraction of sp³-hybridized carbons (Fsp3) is 0.125. The summed E-state index contributed by atoms with van der Waals surface area (Å²) in [6, 6.07) is 2.64. The summed E-state index contributed by atoms with van der Waals surface area (Å²) in [4.78, 5) is 11.1. The Hall–Kier alpha value is -1.26. The summed E-state index contributed by atoms with van der Waals surface area (Å²) in [7, 11) is 1.26. The van der Waals surface area contributed by atoms with Crippen molar-refractivity contribution in [1.82, 2.24) is 0 Å². The van der Waals surface area contributed by atoms with Gasteiger partial charge in [0.2, 0.25) is 0 Å². The Bertz CT molecular complexity index is 351. The number of esters is 1. The van der Waals surface area contributed by atoms with Crippen LogP contribution in [0.2, 0.25) is 5.02 Å². The Morgan fingerprint density at radius 3 is 2.77 bits per heavy atom. The van der Waals surface area contributed by atoms with E-state index in [2.05, 4.69) is 10.5 Å². The highest BCUT2D eigenvalue weighted by Gasteiger charge is 2.15. The predicted octanol–water partition coefficient (Wildman–Crippen LogP) is 0.706. The van der Waals surface area contributed by atoms with Crippen LogP contribution in [0.3, 0.4) is 0 Å². The quantitative estimate of drug-likeness (QED) is 0.659. The zero-order valence-corrected chi connectivity index (χ0v) is 7.76. The van der Waals surface area contributed by atoms with Gasteiger partial charge in [-0.15, -0.1) is 0 Å². The number of carbonyl (C=O) groups excluding carboxylic acids is 1. The molecule has 5 heteroatoms. The number of aromatic hydroxyl groups is 1. The first-order valence-electron chi connectivity index (χ1n) is 3.49. The van der Waals surface area contributed by atoms with E-state index in [9.17, 15) is 9.90 Å². The second-order valence-electron chi connectivity index (χ2n) is 2.45. The highest BCUT2D eigenvalue weighted by Crippen LogP contribution is 2.27. The third kappa shape index (κ3) is 1.91. The fourth-order valence-corrected chi connectivity index (χ4v) is 1.09. The number of phenols is 1. The van der Waals surface area contributed by atoms with Gasteiger partial charge in [-0.1, -0.05) is 11.6 Å². The lowest BCUT2D eigenvalue weighted by atomic mass is 10.2. The zero-order chi connectivity index (χ0) is 10.0. The van der Waals surface area contributed by atoms with E-state index in [-0.39, 0.29) is 16.3 Å². The van der Waals surface area contributed by atoms with Crippen LogP contribution in [0, 0.1) is 0 Å². The lowest BCUT2D eigenvalue weighted by molar-refractivity contribution is -0.255. The van der Waals surface area contributed by atoms with Crippen molar-refractivity contribution in [2.45, 2.75) is 0 Å². The van der Waals surface area contributed by atoms with Crippen molar-refractivity contribution in [2.75, 3.05) is 7.11 Å². The van der Waals surface area contributed by atoms with Gasteiger partial charge in [0, 0.05) is 12.1 Å². The molecule has 0 spiro atoms. The van der Waals surface area contributed by atoms with Crippen LogP contribution < -0.4 is 5.73 Å². The van der Waals surface area contributed by atoms with Gasteiger partial charge in [-0.2, -0.15) is 0 Å². The molecule has 0 radical (unpaired) electrons. The number of carbonyl (C=O) groups is 1. The van der Waals surface area contributed by atoms with Crippen LogP contribution >= 0.6 is 11.6 Å². The van der Waals surface area contributed by atoms with E-state index < -0.39 is 5.97 Å². The van der Waals surface area contributed by atoms with E-state index in [1.54, 1.807) is 0 Å². The normalized spacial score (nSPS) is 9.77. The number of rotatable bonds is 1. The smallest absolute Gasteiger partial charge is 0.344 e. The van der Waals surface area contributed by atoms with Gasteiger partial charge in [-0.25, -0.2) is 4.79 Å². The standard InChI is InChI=1S/C8H8ClNO3/c1-13-8(12)4-2-7(11)5(9)3-6(4)10/h2-3,11H,10H2,1H3/p+1. The van der Waals surface area contributed by atoms with E-state index in [1.165, 1.54) is 19.2 Å². The third-order valence-corrected chi connectivity index (χ3v) is 1.88. The molecule has 0 aliphatic carbocycles. The van der Waals surface area contributed by atoms with Crippen LogP contribution in [0.1, 0.15) is 10.4 Å². The zero-order valence-electron chi connectivity index (χ0n) is 7.00. The summed E-state index contributed by atoms with van der Waals surface area (Å²) in [5.41, 5.74) is 4.23.